The van der Waals surface area contributed by atoms with Gasteiger partial charge in [0, 0.05) is 13.0 Å². The van der Waals surface area contributed by atoms with Gasteiger partial charge in [-0.2, -0.15) is 4.98 Å². The van der Waals surface area contributed by atoms with Crippen LogP contribution in [0.1, 0.15) is 36.2 Å². The van der Waals surface area contributed by atoms with Crippen LogP contribution < -0.4 is 9.47 Å². The summed E-state index contributed by atoms with van der Waals surface area (Å²) in [6.45, 7) is 0.762. The molecule has 2 aromatic rings. The summed E-state index contributed by atoms with van der Waals surface area (Å²) in [6.07, 6.45) is 2.52. The fraction of sp³-hybridized carbons (Fsp3) is 0.467. The third kappa shape index (κ3) is 3.00. The molecule has 1 atom stereocenters. The molecule has 0 amide bonds. The van der Waals surface area contributed by atoms with E-state index in [-0.39, 0.29) is 6.10 Å². The minimum Gasteiger partial charge on any atom is -0.493 e. The van der Waals surface area contributed by atoms with Crippen LogP contribution in [0.2, 0.25) is 0 Å². The second-order valence-electron chi connectivity index (χ2n) is 4.92. The van der Waals surface area contributed by atoms with Gasteiger partial charge in [-0.3, -0.25) is 0 Å². The van der Waals surface area contributed by atoms with Crippen molar-refractivity contribution in [2.45, 2.75) is 25.4 Å². The summed E-state index contributed by atoms with van der Waals surface area (Å²) >= 11 is 0. The van der Waals surface area contributed by atoms with Gasteiger partial charge in [0.15, 0.2) is 17.3 Å². The molecule has 0 N–H and O–H groups in total. The number of benzene rings is 1. The zero-order valence-electron chi connectivity index (χ0n) is 12.2. The molecule has 0 saturated carbocycles. The minimum atomic E-state index is -0.0448. The van der Waals surface area contributed by atoms with E-state index < -0.39 is 0 Å². The second-order valence-corrected chi connectivity index (χ2v) is 4.92. The van der Waals surface area contributed by atoms with E-state index in [1.165, 1.54) is 0 Å². The van der Waals surface area contributed by atoms with Crippen LogP contribution in [-0.4, -0.2) is 31.0 Å². The Labute approximate surface area is 123 Å². The molecule has 1 fully saturated rings. The maximum absolute atomic E-state index is 5.54. The molecule has 21 heavy (non-hydrogen) atoms. The van der Waals surface area contributed by atoms with Gasteiger partial charge in [0.25, 0.3) is 5.89 Å². The highest BCUT2D eigenvalue weighted by Crippen LogP contribution is 2.29. The molecule has 1 aromatic carbocycles. The van der Waals surface area contributed by atoms with E-state index in [0.717, 1.165) is 25.0 Å². The lowest BCUT2D eigenvalue weighted by Gasteiger charge is -2.08. The Bertz CT molecular complexity index is 605. The molecule has 6 heteroatoms. The van der Waals surface area contributed by atoms with Crippen molar-refractivity contribution in [3.05, 3.63) is 35.5 Å². The average Bonchev–Trinajstić information content (AvgIpc) is 3.17. The zero-order chi connectivity index (χ0) is 14.7. The molecule has 3 rings (SSSR count). The predicted octanol–water partition coefficient (Wildman–Crippen LogP) is 2.53. The summed E-state index contributed by atoms with van der Waals surface area (Å²) in [7, 11) is 3.23. The number of hydrogen-bond acceptors (Lipinski definition) is 6. The van der Waals surface area contributed by atoms with Crippen LogP contribution in [0.5, 0.6) is 11.5 Å². The third-order valence-corrected chi connectivity index (χ3v) is 3.50. The molecule has 0 unspecified atom stereocenters. The van der Waals surface area contributed by atoms with Crippen molar-refractivity contribution in [1.29, 1.82) is 0 Å². The number of methoxy groups -OCH3 is 2. The Morgan fingerprint density at radius 2 is 2.10 bits per heavy atom. The van der Waals surface area contributed by atoms with Crippen molar-refractivity contribution in [3.63, 3.8) is 0 Å². The Morgan fingerprint density at radius 1 is 1.24 bits per heavy atom. The smallest absolute Gasteiger partial charge is 0.255 e. The van der Waals surface area contributed by atoms with Crippen molar-refractivity contribution in [2.24, 2.45) is 0 Å². The molecule has 112 valence electrons. The molecule has 0 bridgehead atoms. The molecular weight excluding hydrogens is 272 g/mol. The maximum atomic E-state index is 5.54. The quantitative estimate of drug-likeness (QED) is 0.843. The molecule has 1 aliphatic heterocycles. The number of hydrogen-bond donors (Lipinski definition) is 0. The lowest BCUT2D eigenvalue weighted by molar-refractivity contribution is 0.0835. The topological polar surface area (TPSA) is 66.6 Å². The molecule has 0 spiro atoms. The summed E-state index contributed by atoms with van der Waals surface area (Å²) < 4.78 is 21.3. The van der Waals surface area contributed by atoms with Gasteiger partial charge in [0.1, 0.15) is 6.10 Å². The Balaban J connectivity index is 1.74. The molecule has 0 aliphatic carbocycles. The highest BCUT2D eigenvalue weighted by molar-refractivity contribution is 5.43. The largest absolute Gasteiger partial charge is 0.493 e. The van der Waals surface area contributed by atoms with Crippen LogP contribution in [0, 0.1) is 0 Å². The van der Waals surface area contributed by atoms with Gasteiger partial charge in [-0.25, -0.2) is 0 Å². The van der Waals surface area contributed by atoms with Crippen LogP contribution >= 0.6 is 0 Å². The lowest BCUT2D eigenvalue weighted by Crippen LogP contribution is -1.97. The van der Waals surface area contributed by atoms with Crippen molar-refractivity contribution < 1.29 is 18.7 Å². The van der Waals surface area contributed by atoms with Gasteiger partial charge < -0.3 is 18.7 Å². The SMILES string of the molecule is COc1ccc(Cc2noc([C@@H]3CCCO3)n2)cc1OC. The van der Waals surface area contributed by atoms with E-state index >= 15 is 0 Å². The van der Waals surface area contributed by atoms with Gasteiger partial charge in [-0.05, 0) is 30.5 Å². The predicted molar refractivity (Wildman–Crippen MR) is 74.6 cm³/mol. The summed E-state index contributed by atoms with van der Waals surface area (Å²) in [5.41, 5.74) is 1.03. The van der Waals surface area contributed by atoms with Crippen LogP contribution in [0.3, 0.4) is 0 Å². The molecule has 6 nitrogen and oxygen atoms in total. The fourth-order valence-electron chi connectivity index (χ4n) is 2.42. The molecule has 1 saturated heterocycles. The molecule has 2 heterocycles. The van der Waals surface area contributed by atoms with E-state index in [4.69, 9.17) is 18.7 Å². The number of nitrogens with zero attached hydrogens (tertiary/aromatic N) is 2. The average molecular weight is 290 g/mol. The molecule has 1 aliphatic rings. The Hall–Kier alpha value is -2.08. The number of ether oxygens (including phenoxy) is 3. The summed E-state index contributed by atoms with van der Waals surface area (Å²) in [6, 6.07) is 5.75. The summed E-state index contributed by atoms with van der Waals surface area (Å²) in [5, 5.41) is 4.02. The summed E-state index contributed by atoms with van der Waals surface area (Å²) in [4.78, 5) is 4.41. The Morgan fingerprint density at radius 3 is 2.81 bits per heavy atom. The number of rotatable bonds is 5. The second kappa shape index (κ2) is 6.13. The normalized spacial score (nSPS) is 17.9. The molecule has 0 radical (unpaired) electrons. The number of aromatic nitrogens is 2. The first-order chi connectivity index (χ1) is 10.3. The molecular formula is C15H18N2O4. The summed E-state index contributed by atoms with van der Waals surface area (Å²) in [5.74, 6) is 2.61. The van der Waals surface area contributed by atoms with E-state index in [0.29, 0.717) is 29.6 Å². The first kappa shape index (κ1) is 13.9. The van der Waals surface area contributed by atoms with Gasteiger partial charge >= 0.3 is 0 Å². The van der Waals surface area contributed by atoms with Crippen molar-refractivity contribution >= 4 is 0 Å². The van der Waals surface area contributed by atoms with Gasteiger partial charge in [-0.15, -0.1) is 0 Å². The lowest BCUT2D eigenvalue weighted by atomic mass is 10.1. The van der Waals surface area contributed by atoms with E-state index in [1.807, 2.05) is 18.2 Å². The van der Waals surface area contributed by atoms with Crippen LogP contribution in [-0.2, 0) is 11.2 Å². The van der Waals surface area contributed by atoms with E-state index in [2.05, 4.69) is 10.1 Å². The third-order valence-electron chi connectivity index (χ3n) is 3.50. The highest BCUT2D eigenvalue weighted by Gasteiger charge is 2.23. The first-order valence-corrected chi connectivity index (χ1v) is 6.95. The van der Waals surface area contributed by atoms with Gasteiger partial charge in [-0.1, -0.05) is 11.2 Å². The molecule has 1 aromatic heterocycles. The monoisotopic (exact) mass is 290 g/mol. The van der Waals surface area contributed by atoms with Gasteiger partial charge in [0.05, 0.1) is 14.2 Å². The van der Waals surface area contributed by atoms with Gasteiger partial charge in [0.2, 0.25) is 0 Å². The minimum absolute atomic E-state index is 0.0448. The van der Waals surface area contributed by atoms with Crippen molar-refractivity contribution in [2.75, 3.05) is 20.8 Å². The van der Waals surface area contributed by atoms with Crippen molar-refractivity contribution in [3.8, 4) is 11.5 Å². The van der Waals surface area contributed by atoms with Crippen LogP contribution in [0.4, 0.5) is 0 Å². The highest BCUT2D eigenvalue weighted by atomic mass is 16.5. The Kier molecular flexibility index (Phi) is 4.06. The van der Waals surface area contributed by atoms with Crippen LogP contribution in [0.15, 0.2) is 22.7 Å². The van der Waals surface area contributed by atoms with Crippen LogP contribution in [0.25, 0.3) is 0 Å². The fourth-order valence-corrected chi connectivity index (χ4v) is 2.42. The van der Waals surface area contributed by atoms with E-state index in [1.54, 1.807) is 14.2 Å². The zero-order valence-corrected chi connectivity index (χ0v) is 12.2. The van der Waals surface area contributed by atoms with Crippen molar-refractivity contribution in [1.82, 2.24) is 10.1 Å². The van der Waals surface area contributed by atoms with E-state index in [9.17, 15) is 0 Å². The maximum Gasteiger partial charge on any atom is 0.255 e. The first-order valence-electron chi connectivity index (χ1n) is 6.95. The standard InChI is InChI=1S/C15H18N2O4/c1-18-11-6-5-10(8-13(11)19-2)9-14-16-15(21-17-14)12-4-3-7-20-12/h5-6,8,12H,3-4,7,9H2,1-2H3/t12-/m0/s1.